The maximum atomic E-state index is 13.1. The molecule has 132 valence electrons. The molecule has 0 N–H and O–H groups in total. The molecule has 0 spiro atoms. The van der Waals surface area contributed by atoms with Crippen molar-refractivity contribution in [1.82, 2.24) is 4.31 Å². The molecule has 1 heterocycles. The Balaban J connectivity index is 2.02. The third kappa shape index (κ3) is 4.14. The van der Waals surface area contributed by atoms with Crippen LogP contribution in [-0.4, -0.2) is 25.1 Å². The minimum absolute atomic E-state index is 0.329. The van der Waals surface area contributed by atoms with Gasteiger partial charge >= 0.3 is 0 Å². The first-order chi connectivity index (χ1) is 12.0. The van der Waals surface area contributed by atoms with E-state index in [1.165, 1.54) is 9.87 Å². The van der Waals surface area contributed by atoms with E-state index in [0.717, 1.165) is 29.5 Å². The standard InChI is InChI=1S/C20H22ClNO2S/c1-16-6-10-20(11-7-16)25(23,24)22-13-12-17(14-21)8-9-18-4-2-3-5-19(18)15-22/h2-7,10-12H,8-9,13-15H2,1H3/b17-12-. The van der Waals surface area contributed by atoms with Gasteiger partial charge in [-0.25, -0.2) is 8.42 Å². The quantitative estimate of drug-likeness (QED) is 0.592. The Kier molecular flexibility index (Phi) is 5.62. The fourth-order valence-corrected chi connectivity index (χ4v) is 4.60. The minimum Gasteiger partial charge on any atom is -0.207 e. The van der Waals surface area contributed by atoms with Crippen molar-refractivity contribution in [2.24, 2.45) is 0 Å². The van der Waals surface area contributed by atoms with Crippen molar-refractivity contribution >= 4 is 21.6 Å². The molecule has 0 amide bonds. The topological polar surface area (TPSA) is 37.4 Å². The van der Waals surface area contributed by atoms with Gasteiger partial charge in [-0.2, -0.15) is 4.31 Å². The second-order valence-electron chi connectivity index (χ2n) is 6.38. The number of hydrogen-bond donors (Lipinski definition) is 0. The van der Waals surface area contributed by atoms with Crippen molar-refractivity contribution in [2.45, 2.75) is 31.2 Å². The van der Waals surface area contributed by atoms with Gasteiger partial charge in [-0.3, -0.25) is 0 Å². The molecule has 2 aromatic rings. The van der Waals surface area contributed by atoms with Crippen molar-refractivity contribution in [2.75, 3.05) is 12.4 Å². The lowest BCUT2D eigenvalue weighted by Crippen LogP contribution is -2.31. The Labute approximate surface area is 155 Å². The molecule has 0 fully saturated rings. The summed E-state index contributed by atoms with van der Waals surface area (Å²) in [6.45, 7) is 2.66. The van der Waals surface area contributed by atoms with E-state index in [4.69, 9.17) is 11.6 Å². The third-order valence-corrected chi connectivity index (χ3v) is 6.76. The van der Waals surface area contributed by atoms with Crippen molar-refractivity contribution in [1.29, 1.82) is 0 Å². The molecule has 0 saturated heterocycles. The molecule has 0 bridgehead atoms. The van der Waals surface area contributed by atoms with Crippen LogP contribution < -0.4 is 0 Å². The second-order valence-corrected chi connectivity index (χ2v) is 8.58. The van der Waals surface area contributed by atoms with Gasteiger partial charge in [0.15, 0.2) is 0 Å². The number of halogens is 1. The maximum Gasteiger partial charge on any atom is 0.243 e. The summed E-state index contributed by atoms with van der Waals surface area (Å²) >= 11 is 6.05. The maximum absolute atomic E-state index is 13.1. The molecular formula is C20H22ClNO2S. The number of fused-ring (bicyclic) bond motifs is 1. The fraction of sp³-hybridized carbons (Fsp3) is 0.300. The number of aryl methyl sites for hydroxylation is 2. The molecule has 0 unspecified atom stereocenters. The predicted octanol–water partition coefficient (Wildman–Crippen LogP) is 4.30. The number of allylic oxidation sites excluding steroid dienone is 1. The molecule has 0 atom stereocenters. The lowest BCUT2D eigenvalue weighted by atomic mass is 10.0. The van der Waals surface area contributed by atoms with Crippen LogP contribution in [0.3, 0.4) is 0 Å². The SMILES string of the molecule is Cc1ccc(S(=O)(=O)N2C/C=C(\CCl)CCc3ccccc3C2)cc1. The first kappa shape index (κ1) is 18.2. The summed E-state index contributed by atoms with van der Waals surface area (Å²) in [5.74, 6) is 0.431. The van der Waals surface area contributed by atoms with Crippen molar-refractivity contribution in [3.8, 4) is 0 Å². The summed E-state index contributed by atoms with van der Waals surface area (Å²) in [5, 5.41) is 0. The van der Waals surface area contributed by atoms with E-state index in [2.05, 4.69) is 6.07 Å². The lowest BCUT2D eigenvalue weighted by molar-refractivity contribution is 0.437. The smallest absolute Gasteiger partial charge is 0.207 e. The molecule has 0 radical (unpaired) electrons. The van der Waals surface area contributed by atoms with E-state index in [0.29, 0.717) is 23.9 Å². The molecule has 0 aliphatic carbocycles. The van der Waals surface area contributed by atoms with Crippen LogP contribution in [0.1, 0.15) is 23.1 Å². The highest BCUT2D eigenvalue weighted by atomic mass is 35.5. The third-order valence-electron chi connectivity index (χ3n) is 4.59. The number of hydrogen-bond acceptors (Lipinski definition) is 2. The van der Waals surface area contributed by atoms with Crippen molar-refractivity contribution in [3.63, 3.8) is 0 Å². The Hall–Kier alpha value is -1.62. The van der Waals surface area contributed by atoms with Gasteiger partial charge in [0.25, 0.3) is 0 Å². The Morgan fingerprint density at radius 3 is 2.36 bits per heavy atom. The highest BCUT2D eigenvalue weighted by Crippen LogP contribution is 2.24. The zero-order chi connectivity index (χ0) is 17.9. The van der Waals surface area contributed by atoms with Gasteiger partial charge in [0.2, 0.25) is 10.0 Å². The average Bonchev–Trinajstić information content (AvgIpc) is 2.70. The minimum atomic E-state index is -3.56. The van der Waals surface area contributed by atoms with Gasteiger partial charge in [0.05, 0.1) is 4.90 Å². The van der Waals surface area contributed by atoms with E-state index in [1.54, 1.807) is 12.1 Å². The normalized spacial score (nSPS) is 18.4. The molecule has 3 nitrogen and oxygen atoms in total. The van der Waals surface area contributed by atoms with Gasteiger partial charge in [0.1, 0.15) is 0 Å². The summed E-state index contributed by atoms with van der Waals surface area (Å²) in [4.78, 5) is 0.329. The summed E-state index contributed by atoms with van der Waals surface area (Å²) in [7, 11) is -3.56. The largest absolute Gasteiger partial charge is 0.243 e. The number of rotatable bonds is 3. The first-order valence-electron chi connectivity index (χ1n) is 8.38. The van der Waals surface area contributed by atoms with E-state index in [1.807, 2.05) is 43.3 Å². The van der Waals surface area contributed by atoms with Crippen LogP contribution in [0.25, 0.3) is 0 Å². The number of sulfonamides is 1. The summed E-state index contributed by atoms with van der Waals surface area (Å²) < 4.78 is 27.8. The molecule has 1 aliphatic heterocycles. The Morgan fingerprint density at radius 1 is 1.00 bits per heavy atom. The van der Waals surface area contributed by atoms with Gasteiger partial charge in [-0.1, -0.05) is 53.6 Å². The van der Waals surface area contributed by atoms with Crippen LogP contribution in [0.4, 0.5) is 0 Å². The van der Waals surface area contributed by atoms with Crippen LogP contribution >= 0.6 is 11.6 Å². The van der Waals surface area contributed by atoms with Gasteiger partial charge in [-0.05, 0) is 43.0 Å². The van der Waals surface area contributed by atoms with Crippen LogP contribution in [-0.2, 0) is 23.0 Å². The second kappa shape index (κ2) is 7.73. The molecule has 1 aliphatic rings. The molecule has 0 aromatic heterocycles. The summed E-state index contributed by atoms with van der Waals surface area (Å²) in [5.41, 5.74) is 4.37. The van der Waals surface area contributed by atoms with Gasteiger partial charge < -0.3 is 0 Å². The molecular weight excluding hydrogens is 354 g/mol. The first-order valence-corrected chi connectivity index (χ1v) is 10.4. The van der Waals surface area contributed by atoms with Crippen molar-refractivity contribution < 1.29 is 8.42 Å². The monoisotopic (exact) mass is 375 g/mol. The van der Waals surface area contributed by atoms with Gasteiger partial charge in [0, 0.05) is 19.0 Å². The lowest BCUT2D eigenvalue weighted by Gasteiger charge is -2.22. The van der Waals surface area contributed by atoms with Gasteiger partial charge in [-0.15, -0.1) is 11.6 Å². The zero-order valence-electron chi connectivity index (χ0n) is 14.3. The number of nitrogens with zero attached hydrogens (tertiary/aromatic N) is 1. The average molecular weight is 376 g/mol. The van der Waals surface area contributed by atoms with Crippen LogP contribution in [0.5, 0.6) is 0 Å². The molecule has 25 heavy (non-hydrogen) atoms. The van der Waals surface area contributed by atoms with Crippen LogP contribution in [0, 0.1) is 6.92 Å². The molecule has 3 rings (SSSR count). The van der Waals surface area contributed by atoms with Crippen LogP contribution in [0.2, 0.25) is 0 Å². The highest BCUT2D eigenvalue weighted by Gasteiger charge is 2.25. The van der Waals surface area contributed by atoms with E-state index in [-0.39, 0.29) is 0 Å². The Bertz CT molecular complexity index is 873. The van der Waals surface area contributed by atoms with E-state index >= 15 is 0 Å². The summed E-state index contributed by atoms with van der Waals surface area (Å²) in [6, 6.07) is 15.1. The van der Waals surface area contributed by atoms with E-state index in [9.17, 15) is 8.42 Å². The zero-order valence-corrected chi connectivity index (χ0v) is 15.9. The number of benzene rings is 2. The molecule has 0 saturated carbocycles. The fourth-order valence-electron chi connectivity index (χ4n) is 3.00. The highest BCUT2D eigenvalue weighted by molar-refractivity contribution is 7.89. The number of alkyl halides is 1. The van der Waals surface area contributed by atoms with E-state index < -0.39 is 10.0 Å². The van der Waals surface area contributed by atoms with Crippen LogP contribution in [0.15, 0.2) is 65.1 Å². The predicted molar refractivity (Wildman–Crippen MR) is 102 cm³/mol. The molecule has 2 aromatic carbocycles. The Morgan fingerprint density at radius 2 is 1.68 bits per heavy atom. The molecule has 5 heteroatoms. The summed E-state index contributed by atoms with van der Waals surface area (Å²) in [6.07, 6.45) is 3.71. The van der Waals surface area contributed by atoms with Crippen molar-refractivity contribution in [3.05, 3.63) is 76.9 Å².